The number of hydrogen-bond acceptors (Lipinski definition) is 8. The summed E-state index contributed by atoms with van der Waals surface area (Å²) >= 11 is 0. The van der Waals surface area contributed by atoms with Crippen LogP contribution in [-0.2, 0) is 33.6 Å². The number of hydrogen-bond donors (Lipinski definition) is 8. The number of carbonyl (C=O) groups excluding carboxylic acids is 5. The van der Waals surface area contributed by atoms with Crippen molar-refractivity contribution < 1.29 is 43.8 Å². The summed E-state index contributed by atoms with van der Waals surface area (Å²) in [6.07, 6.45) is -1.66. The second kappa shape index (κ2) is 15.2. The average Bonchev–Trinajstić information content (AvgIpc) is 2.72. The molecule has 35 heavy (non-hydrogen) atoms. The van der Waals surface area contributed by atoms with Crippen molar-refractivity contribution in [3.8, 4) is 0 Å². The fourth-order valence-electron chi connectivity index (χ4n) is 2.89. The van der Waals surface area contributed by atoms with E-state index in [1.54, 1.807) is 13.8 Å². The first-order valence-corrected chi connectivity index (χ1v) is 10.8. The molecule has 0 aliphatic rings. The van der Waals surface area contributed by atoms with Gasteiger partial charge in [0.05, 0.1) is 12.5 Å². The third-order valence-electron chi connectivity index (χ3n) is 4.68. The molecule has 0 aliphatic carbocycles. The van der Waals surface area contributed by atoms with E-state index in [4.69, 9.17) is 27.4 Å². The topological polar surface area (TPSA) is 274 Å². The summed E-state index contributed by atoms with van der Waals surface area (Å²) in [6, 6.07) is -5.55. The Bertz CT molecular complexity index is 817. The zero-order valence-electron chi connectivity index (χ0n) is 19.6. The highest BCUT2D eigenvalue weighted by atomic mass is 16.4. The predicted octanol–water partition coefficient (Wildman–Crippen LogP) is -3.10. The van der Waals surface area contributed by atoms with Crippen molar-refractivity contribution in [1.29, 1.82) is 0 Å². The van der Waals surface area contributed by atoms with Gasteiger partial charge in [-0.15, -0.1) is 0 Å². The fourth-order valence-corrected chi connectivity index (χ4v) is 2.89. The highest BCUT2D eigenvalue weighted by Crippen LogP contribution is 2.08. The van der Waals surface area contributed by atoms with E-state index in [-0.39, 0.29) is 38.0 Å². The Kier molecular flexibility index (Phi) is 13.6. The van der Waals surface area contributed by atoms with Crippen LogP contribution in [0.4, 0.5) is 0 Å². The van der Waals surface area contributed by atoms with Crippen LogP contribution in [-0.4, -0.2) is 75.9 Å². The predicted molar refractivity (Wildman–Crippen MR) is 120 cm³/mol. The van der Waals surface area contributed by atoms with Gasteiger partial charge in [0, 0.05) is 12.8 Å². The summed E-state index contributed by atoms with van der Waals surface area (Å²) in [5.41, 5.74) is 15.9. The van der Waals surface area contributed by atoms with Gasteiger partial charge in [-0.3, -0.25) is 28.8 Å². The standard InChI is InChI=1S/C20H34N6O9/c1-9(2)7-12(25-17(31)10(21)3-5-14(22)27)19(33)24-11(4-6-15(23)28)18(32)26-13(20(34)35)8-16(29)30/h9-13H,3-8,21H2,1-2H3,(H2,22,27)(H2,23,28)(H,24,33)(H,25,31)(H,26,32)(H,29,30)(H,34,35). The molecule has 0 aromatic carbocycles. The molecule has 4 atom stereocenters. The first-order chi connectivity index (χ1) is 16.1. The number of carboxylic acids is 2. The summed E-state index contributed by atoms with van der Waals surface area (Å²) in [6.45, 7) is 3.53. The van der Waals surface area contributed by atoms with Crippen molar-refractivity contribution in [2.75, 3.05) is 0 Å². The second-order valence-corrected chi connectivity index (χ2v) is 8.37. The van der Waals surface area contributed by atoms with Crippen LogP contribution >= 0.6 is 0 Å². The van der Waals surface area contributed by atoms with Crippen LogP contribution in [0.1, 0.15) is 52.4 Å². The van der Waals surface area contributed by atoms with Gasteiger partial charge in [0.25, 0.3) is 0 Å². The number of amides is 5. The van der Waals surface area contributed by atoms with E-state index in [0.29, 0.717) is 0 Å². The lowest BCUT2D eigenvalue weighted by molar-refractivity contribution is -0.147. The molecule has 0 radical (unpaired) electrons. The lowest BCUT2D eigenvalue weighted by atomic mass is 10.0. The zero-order valence-corrected chi connectivity index (χ0v) is 19.6. The largest absolute Gasteiger partial charge is 0.481 e. The van der Waals surface area contributed by atoms with Crippen LogP contribution in [0.3, 0.4) is 0 Å². The van der Waals surface area contributed by atoms with Crippen molar-refractivity contribution in [2.24, 2.45) is 23.1 Å². The fraction of sp³-hybridized carbons (Fsp3) is 0.650. The average molecular weight is 503 g/mol. The maximum atomic E-state index is 12.9. The molecule has 5 amide bonds. The molecule has 15 nitrogen and oxygen atoms in total. The summed E-state index contributed by atoms with van der Waals surface area (Å²) in [5.74, 6) is -7.28. The minimum atomic E-state index is -1.79. The molecule has 0 aromatic heterocycles. The first-order valence-electron chi connectivity index (χ1n) is 10.8. The van der Waals surface area contributed by atoms with Crippen LogP contribution in [0, 0.1) is 5.92 Å². The summed E-state index contributed by atoms with van der Waals surface area (Å²) in [5, 5.41) is 24.8. The third-order valence-corrected chi connectivity index (χ3v) is 4.68. The molecule has 0 saturated carbocycles. The van der Waals surface area contributed by atoms with E-state index in [0.717, 1.165) is 0 Å². The van der Waals surface area contributed by atoms with E-state index in [1.807, 2.05) is 5.32 Å². The highest BCUT2D eigenvalue weighted by molar-refractivity contribution is 5.95. The molecule has 198 valence electrons. The summed E-state index contributed by atoms with van der Waals surface area (Å²) in [4.78, 5) is 82.2. The van der Waals surface area contributed by atoms with Crippen LogP contribution in [0.2, 0.25) is 0 Å². The number of carboxylic acid groups (broad SMARTS) is 2. The number of carbonyl (C=O) groups is 7. The van der Waals surface area contributed by atoms with Gasteiger partial charge in [0.2, 0.25) is 29.5 Å². The molecule has 0 heterocycles. The molecule has 0 rings (SSSR count). The quantitative estimate of drug-likeness (QED) is 0.0991. The van der Waals surface area contributed by atoms with Crippen LogP contribution in [0.25, 0.3) is 0 Å². The Morgan fingerprint density at radius 1 is 0.714 bits per heavy atom. The van der Waals surface area contributed by atoms with E-state index in [9.17, 15) is 33.6 Å². The lowest BCUT2D eigenvalue weighted by Crippen LogP contribution is -2.57. The van der Waals surface area contributed by atoms with Gasteiger partial charge in [-0.2, -0.15) is 0 Å². The minimum Gasteiger partial charge on any atom is -0.481 e. The summed E-state index contributed by atoms with van der Waals surface area (Å²) < 4.78 is 0. The molecule has 4 unspecified atom stereocenters. The molecule has 15 heteroatoms. The van der Waals surface area contributed by atoms with Crippen LogP contribution in [0.15, 0.2) is 0 Å². The number of primary amides is 2. The van der Waals surface area contributed by atoms with Crippen molar-refractivity contribution >= 4 is 41.5 Å². The van der Waals surface area contributed by atoms with Gasteiger partial charge in [-0.1, -0.05) is 13.8 Å². The lowest BCUT2D eigenvalue weighted by Gasteiger charge is -2.25. The molecular formula is C20H34N6O9. The maximum Gasteiger partial charge on any atom is 0.326 e. The van der Waals surface area contributed by atoms with Gasteiger partial charge in [-0.05, 0) is 25.2 Å². The second-order valence-electron chi connectivity index (χ2n) is 8.37. The number of rotatable bonds is 17. The minimum absolute atomic E-state index is 0.0546. The summed E-state index contributed by atoms with van der Waals surface area (Å²) in [7, 11) is 0. The number of nitrogens with two attached hydrogens (primary N) is 3. The molecule has 0 saturated heterocycles. The first kappa shape index (κ1) is 31.2. The van der Waals surface area contributed by atoms with Gasteiger partial charge >= 0.3 is 11.9 Å². The normalized spacial score (nSPS) is 14.2. The van der Waals surface area contributed by atoms with Crippen LogP contribution in [0.5, 0.6) is 0 Å². The Morgan fingerprint density at radius 2 is 1.17 bits per heavy atom. The van der Waals surface area contributed by atoms with E-state index in [2.05, 4.69) is 10.6 Å². The molecule has 0 aliphatic heterocycles. The highest BCUT2D eigenvalue weighted by Gasteiger charge is 2.31. The van der Waals surface area contributed by atoms with Gasteiger partial charge in [-0.25, -0.2) is 4.79 Å². The van der Waals surface area contributed by atoms with Crippen molar-refractivity contribution in [3.05, 3.63) is 0 Å². The van der Waals surface area contributed by atoms with E-state index in [1.165, 1.54) is 0 Å². The molecule has 0 fully saturated rings. The van der Waals surface area contributed by atoms with E-state index >= 15 is 0 Å². The Morgan fingerprint density at radius 3 is 1.63 bits per heavy atom. The van der Waals surface area contributed by atoms with Crippen molar-refractivity contribution in [1.82, 2.24) is 16.0 Å². The Hall–Kier alpha value is -3.75. The Labute approximate surface area is 201 Å². The monoisotopic (exact) mass is 502 g/mol. The van der Waals surface area contributed by atoms with Gasteiger partial charge < -0.3 is 43.4 Å². The van der Waals surface area contributed by atoms with Gasteiger partial charge in [0.1, 0.15) is 18.1 Å². The van der Waals surface area contributed by atoms with Crippen molar-refractivity contribution in [2.45, 2.75) is 76.5 Å². The molecule has 0 bridgehead atoms. The maximum absolute atomic E-state index is 12.9. The van der Waals surface area contributed by atoms with Gasteiger partial charge in [0.15, 0.2) is 0 Å². The van der Waals surface area contributed by atoms with Crippen LogP contribution < -0.4 is 33.2 Å². The number of aliphatic carboxylic acids is 2. The molecule has 11 N–H and O–H groups in total. The SMILES string of the molecule is CC(C)CC(NC(=O)C(N)CCC(N)=O)C(=O)NC(CCC(N)=O)C(=O)NC(CC(=O)O)C(=O)O. The smallest absolute Gasteiger partial charge is 0.326 e. The Balaban J connectivity index is 5.57. The third kappa shape index (κ3) is 13.5. The van der Waals surface area contributed by atoms with E-state index < -0.39 is 72.1 Å². The molecular weight excluding hydrogens is 468 g/mol. The number of nitrogens with one attached hydrogen (secondary N) is 3. The van der Waals surface area contributed by atoms with Crippen molar-refractivity contribution in [3.63, 3.8) is 0 Å². The zero-order chi connectivity index (χ0) is 27.3. The molecule has 0 aromatic rings. The molecule has 0 spiro atoms.